The number of carboxylic acid groups (broad SMARTS) is 1. The number of aromatic nitrogens is 4. The molecule has 0 unspecified atom stereocenters. The van der Waals surface area contributed by atoms with Gasteiger partial charge in [0.15, 0.2) is 5.16 Å². The van der Waals surface area contributed by atoms with E-state index < -0.39 is 12.1 Å². The van der Waals surface area contributed by atoms with Crippen molar-refractivity contribution >= 4 is 17.7 Å². The van der Waals surface area contributed by atoms with Crippen molar-refractivity contribution in [2.75, 3.05) is 0 Å². The number of alkyl halides is 3. The quantitative estimate of drug-likeness (QED) is 0.572. The number of aryl methyl sites for hydroxylation is 2. The molecule has 0 amide bonds. The molecular formula is C17H21F3N4O3S. The highest BCUT2D eigenvalue weighted by molar-refractivity contribution is 7.98. The first-order valence-corrected chi connectivity index (χ1v) is 9.73. The molecule has 0 saturated heterocycles. The summed E-state index contributed by atoms with van der Waals surface area (Å²) in [6.07, 6.45) is 0.618. The van der Waals surface area contributed by atoms with Crippen LogP contribution in [0.2, 0.25) is 0 Å². The van der Waals surface area contributed by atoms with Gasteiger partial charge in [0.2, 0.25) is 0 Å². The molecule has 154 valence electrons. The van der Waals surface area contributed by atoms with Crippen molar-refractivity contribution in [2.45, 2.75) is 63.2 Å². The van der Waals surface area contributed by atoms with Crippen molar-refractivity contribution in [1.82, 2.24) is 19.5 Å². The second-order valence-electron chi connectivity index (χ2n) is 6.02. The lowest BCUT2D eigenvalue weighted by Gasteiger charge is -2.06. The van der Waals surface area contributed by atoms with E-state index in [1.165, 1.54) is 5.69 Å². The van der Waals surface area contributed by atoms with Crippen molar-refractivity contribution in [3.05, 3.63) is 39.3 Å². The highest BCUT2D eigenvalue weighted by Crippen LogP contribution is 2.23. The molecular weight excluding hydrogens is 397 g/mol. The summed E-state index contributed by atoms with van der Waals surface area (Å²) in [5, 5.41) is 7.84. The number of carbonyl (C=O) groups is 1. The lowest BCUT2D eigenvalue weighted by Crippen LogP contribution is -2.21. The number of rotatable bonds is 5. The normalized spacial score (nSPS) is 13.0. The van der Waals surface area contributed by atoms with Crippen LogP contribution in [0.5, 0.6) is 0 Å². The topological polar surface area (TPSA) is 101 Å². The van der Waals surface area contributed by atoms with Crippen molar-refractivity contribution in [1.29, 1.82) is 0 Å². The molecule has 0 aliphatic heterocycles. The van der Waals surface area contributed by atoms with Gasteiger partial charge in [0, 0.05) is 23.6 Å². The minimum absolute atomic E-state index is 0.0369. The fraction of sp³-hybridized carbons (Fsp3) is 0.529. The van der Waals surface area contributed by atoms with Gasteiger partial charge in [-0.1, -0.05) is 18.7 Å². The van der Waals surface area contributed by atoms with E-state index in [0.29, 0.717) is 5.16 Å². The summed E-state index contributed by atoms with van der Waals surface area (Å²) in [7, 11) is 0. The first kappa shape index (κ1) is 22.0. The Bertz CT molecular complexity index is 893. The summed E-state index contributed by atoms with van der Waals surface area (Å²) in [5.74, 6) is -2.01. The average Bonchev–Trinajstić information content (AvgIpc) is 3.25. The fourth-order valence-electron chi connectivity index (χ4n) is 2.87. The smallest absolute Gasteiger partial charge is 0.475 e. The SMILES string of the molecule is CCc1c(CSc2nc3c(c(=O)[nH]2)CCC3)ncn1CC.O=C(O)C(F)(F)F. The number of nitrogens with one attached hydrogen (secondary N) is 1. The third-order valence-electron chi connectivity index (χ3n) is 4.22. The number of hydrogen-bond donors (Lipinski definition) is 2. The van der Waals surface area contributed by atoms with Crippen LogP contribution in [0.3, 0.4) is 0 Å². The number of halogens is 3. The van der Waals surface area contributed by atoms with E-state index >= 15 is 0 Å². The first-order chi connectivity index (χ1) is 13.2. The minimum atomic E-state index is -5.08. The standard InChI is InChI=1S/C15H20N4OS.C2HF3O2/c1-3-13-12(16-9-19(13)4-2)8-21-15-17-11-7-5-6-10(11)14(20)18-15;3-2(4,5)1(6)7/h9H,3-8H2,1-2H3,(H,17,18,20);(H,6,7). The second kappa shape index (κ2) is 9.26. The fourth-order valence-corrected chi connectivity index (χ4v) is 3.73. The molecule has 0 spiro atoms. The molecule has 11 heteroatoms. The number of aromatic amines is 1. The third-order valence-corrected chi connectivity index (χ3v) is 5.10. The van der Waals surface area contributed by atoms with Gasteiger partial charge in [-0.3, -0.25) is 4.79 Å². The summed E-state index contributed by atoms with van der Waals surface area (Å²) in [4.78, 5) is 32.9. The van der Waals surface area contributed by atoms with Crippen LogP contribution in [-0.4, -0.2) is 36.8 Å². The van der Waals surface area contributed by atoms with Crippen LogP contribution in [0.4, 0.5) is 13.2 Å². The maximum atomic E-state index is 12.0. The van der Waals surface area contributed by atoms with Gasteiger partial charge in [0.25, 0.3) is 5.56 Å². The van der Waals surface area contributed by atoms with E-state index in [4.69, 9.17) is 9.90 Å². The predicted octanol–water partition coefficient (Wildman–Crippen LogP) is 2.96. The van der Waals surface area contributed by atoms with Gasteiger partial charge < -0.3 is 14.7 Å². The van der Waals surface area contributed by atoms with Gasteiger partial charge in [-0.2, -0.15) is 13.2 Å². The summed E-state index contributed by atoms with van der Waals surface area (Å²) in [5.41, 5.74) is 4.26. The highest BCUT2D eigenvalue weighted by Gasteiger charge is 2.38. The Balaban J connectivity index is 0.000000345. The Morgan fingerprint density at radius 1 is 1.36 bits per heavy atom. The van der Waals surface area contributed by atoms with Crippen LogP contribution >= 0.6 is 11.8 Å². The molecule has 1 aliphatic rings. The number of imidazole rings is 1. The van der Waals surface area contributed by atoms with E-state index in [0.717, 1.165) is 54.9 Å². The van der Waals surface area contributed by atoms with E-state index in [1.54, 1.807) is 11.8 Å². The molecule has 0 atom stereocenters. The highest BCUT2D eigenvalue weighted by atomic mass is 32.2. The zero-order chi connectivity index (χ0) is 20.9. The van der Waals surface area contributed by atoms with E-state index in [9.17, 15) is 18.0 Å². The number of nitrogens with zero attached hydrogens (tertiary/aromatic N) is 3. The van der Waals surface area contributed by atoms with Crippen LogP contribution in [-0.2, 0) is 36.4 Å². The molecule has 2 N–H and O–H groups in total. The monoisotopic (exact) mass is 418 g/mol. The summed E-state index contributed by atoms with van der Waals surface area (Å²) in [6, 6.07) is 0. The number of thioether (sulfide) groups is 1. The lowest BCUT2D eigenvalue weighted by atomic mass is 10.3. The first-order valence-electron chi connectivity index (χ1n) is 8.75. The number of aliphatic carboxylic acids is 1. The van der Waals surface area contributed by atoms with Crippen LogP contribution in [0.25, 0.3) is 0 Å². The van der Waals surface area contributed by atoms with Gasteiger partial charge >= 0.3 is 12.1 Å². The molecule has 1 aliphatic carbocycles. The van der Waals surface area contributed by atoms with Crippen LogP contribution in [0, 0.1) is 0 Å². The molecule has 0 radical (unpaired) electrons. The Labute approximate surface area is 163 Å². The van der Waals surface area contributed by atoms with Gasteiger partial charge in [0.05, 0.1) is 17.7 Å². The average molecular weight is 418 g/mol. The van der Waals surface area contributed by atoms with E-state index in [2.05, 4.69) is 33.4 Å². The summed E-state index contributed by atoms with van der Waals surface area (Å²) < 4.78 is 33.9. The summed E-state index contributed by atoms with van der Waals surface area (Å²) in [6.45, 7) is 5.21. The van der Waals surface area contributed by atoms with Crippen LogP contribution in [0.1, 0.15) is 42.9 Å². The predicted molar refractivity (Wildman–Crippen MR) is 97.4 cm³/mol. The van der Waals surface area contributed by atoms with Crippen molar-refractivity contribution < 1.29 is 23.1 Å². The van der Waals surface area contributed by atoms with E-state index in [-0.39, 0.29) is 5.56 Å². The molecule has 0 saturated carbocycles. The molecule has 2 aromatic rings. The van der Waals surface area contributed by atoms with Gasteiger partial charge in [-0.05, 0) is 32.6 Å². The zero-order valence-corrected chi connectivity index (χ0v) is 16.3. The molecule has 2 heterocycles. The van der Waals surface area contributed by atoms with Gasteiger partial charge in [-0.15, -0.1) is 0 Å². The molecule has 0 aromatic carbocycles. The van der Waals surface area contributed by atoms with Crippen molar-refractivity contribution in [2.24, 2.45) is 0 Å². The van der Waals surface area contributed by atoms with Crippen molar-refractivity contribution in [3.8, 4) is 0 Å². The number of carboxylic acids is 1. The number of hydrogen-bond acceptors (Lipinski definition) is 5. The van der Waals surface area contributed by atoms with Crippen molar-refractivity contribution in [3.63, 3.8) is 0 Å². The van der Waals surface area contributed by atoms with E-state index in [1.807, 2.05) is 6.33 Å². The molecule has 0 bridgehead atoms. The van der Waals surface area contributed by atoms with Crippen LogP contribution < -0.4 is 5.56 Å². The molecule has 2 aromatic heterocycles. The van der Waals surface area contributed by atoms with Crippen LogP contribution in [0.15, 0.2) is 16.3 Å². The Kier molecular flexibility index (Phi) is 7.28. The Hall–Kier alpha value is -2.30. The molecule has 7 nitrogen and oxygen atoms in total. The maximum Gasteiger partial charge on any atom is 0.490 e. The molecule has 0 fully saturated rings. The maximum absolute atomic E-state index is 12.0. The lowest BCUT2D eigenvalue weighted by molar-refractivity contribution is -0.192. The molecule has 3 rings (SSSR count). The Morgan fingerprint density at radius 3 is 2.61 bits per heavy atom. The minimum Gasteiger partial charge on any atom is -0.475 e. The number of H-pyrrole nitrogens is 1. The zero-order valence-electron chi connectivity index (χ0n) is 15.5. The third kappa shape index (κ3) is 5.37. The Morgan fingerprint density at radius 2 is 2.04 bits per heavy atom. The number of fused-ring (bicyclic) bond motifs is 1. The second-order valence-corrected chi connectivity index (χ2v) is 6.98. The summed E-state index contributed by atoms with van der Waals surface area (Å²) >= 11 is 1.56. The van der Waals surface area contributed by atoms with Gasteiger partial charge in [-0.25, -0.2) is 14.8 Å². The largest absolute Gasteiger partial charge is 0.490 e. The van der Waals surface area contributed by atoms with Gasteiger partial charge in [0.1, 0.15) is 0 Å². The molecule has 28 heavy (non-hydrogen) atoms.